The molecule has 0 aliphatic heterocycles. The van der Waals surface area contributed by atoms with Gasteiger partial charge in [0.1, 0.15) is 0 Å². The van der Waals surface area contributed by atoms with Crippen LogP contribution in [-0.4, -0.2) is 24.2 Å². The SMILES string of the molecule is CSc1cccc(NC(=O)C(C)NC2CCCC(C)C2C)c1. The van der Waals surface area contributed by atoms with Gasteiger partial charge in [0.25, 0.3) is 0 Å². The fourth-order valence-electron chi connectivity index (χ4n) is 3.17. The lowest BCUT2D eigenvalue weighted by Crippen LogP contribution is -2.49. The molecule has 1 aliphatic carbocycles. The van der Waals surface area contributed by atoms with Crippen molar-refractivity contribution in [3.63, 3.8) is 0 Å². The zero-order valence-electron chi connectivity index (χ0n) is 14.1. The van der Waals surface area contributed by atoms with E-state index in [1.807, 2.05) is 37.4 Å². The van der Waals surface area contributed by atoms with Crippen LogP contribution in [0.4, 0.5) is 5.69 Å². The Kier molecular flexibility index (Phi) is 6.33. The predicted molar refractivity (Wildman–Crippen MR) is 95.4 cm³/mol. The van der Waals surface area contributed by atoms with Gasteiger partial charge in [0.15, 0.2) is 0 Å². The third kappa shape index (κ3) is 4.50. The number of benzene rings is 1. The molecule has 0 bridgehead atoms. The Hall–Kier alpha value is -1.00. The van der Waals surface area contributed by atoms with Crippen molar-refractivity contribution in [1.29, 1.82) is 0 Å². The second kappa shape index (κ2) is 8.02. The van der Waals surface area contributed by atoms with Crippen LogP contribution in [-0.2, 0) is 4.79 Å². The monoisotopic (exact) mass is 320 g/mol. The van der Waals surface area contributed by atoms with Crippen molar-refractivity contribution >= 4 is 23.4 Å². The van der Waals surface area contributed by atoms with Crippen molar-refractivity contribution in [3.05, 3.63) is 24.3 Å². The standard InChI is InChI=1S/C18H28N2OS/c1-12-7-5-10-17(13(12)2)19-14(3)18(21)20-15-8-6-9-16(11-15)22-4/h6,8-9,11-14,17,19H,5,7,10H2,1-4H3,(H,20,21). The minimum atomic E-state index is -0.171. The van der Waals surface area contributed by atoms with E-state index < -0.39 is 0 Å². The fraction of sp³-hybridized carbons (Fsp3) is 0.611. The summed E-state index contributed by atoms with van der Waals surface area (Å²) in [7, 11) is 0. The summed E-state index contributed by atoms with van der Waals surface area (Å²) in [4.78, 5) is 13.6. The molecule has 122 valence electrons. The van der Waals surface area contributed by atoms with E-state index in [0.29, 0.717) is 12.0 Å². The van der Waals surface area contributed by atoms with Crippen molar-refractivity contribution in [2.45, 2.75) is 57.0 Å². The molecular formula is C18H28N2OS. The summed E-state index contributed by atoms with van der Waals surface area (Å²) >= 11 is 1.68. The third-order valence-corrected chi connectivity index (χ3v) is 5.63. The van der Waals surface area contributed by atoms with Gasteiger partial charge in [-0.15, -0.1) is 11.8 Å². The van der Waals surface area contributed by atoms with Gasteiger partial charge < -0.3 is 10.6 Å². The summed E-state index contributed by atoms with van der Waals surface area (Å²) in [5, 5.41) is 6.55. The van der Waals surface area contributed by atoms with Crippen LogP contribution < -0.4 is 10.6 Å². The Labute approximate surface area is 138 Å². The molecule has 4 atom stereocenters. The number of rotatable bonds is 5. The molecule has 0 aromatic heterocycles. The highest BCUT2D eigenvalue weighted by Crippen LogP contribution is 2.29. The van der Waals surface area contributed by atoms with Crippen LogP contribution in [0.1, 0.15) is 40.0 Å². The van der Waals surface area contributed by atoms with Crippen LogP contribution in [0, 0.1) is 11.8 Å². The first-order valence-electron chi connectivity index (χ1n) is 8.22. The predicted octanol–water partition coefficient (Wildman–Crippen LogP) is 4.15. The Balaban J connectivity index is 1.91. The molecule has 4 unspecified atom stereocenters. The number of hydrogen-bond acceptors (Lipinski definition) is 3. The Morgan fingerprint density at radius 1 is 1.32 bits per heavy atom. The topological polar surface area (TPSA) is 41.1 Å². The highest BCUT2D eigenvalue weighted by Gasteiger charge is 2.29. The van der Waals surface area contributed by atoms with E-state index in [1.165, 1.54) is 19.3 Å². The number of carbonyl (C=O) groups is 1. The summed E-state index contributed by atoms with van der Waals surface area (Å²) in [6.07, 6.45) is 5.77. The summed E-state index contributed by atoms with van der Waals surface area (Å²) in [6.45, 7) is 6.57. The maximum absolute atomic E-state index is 12.4. The first kappa shape index (κ1) is 17.4. The van der Waals surface area contributed by atoms with Crippen molar-refractivity contribution < 1.29 is 4.79 Å². The van der Waals surface area contributed by atoms with Crippen molar-refractivity contribution in [1.82, 2.24) is 5.32 Å². The summed E-state index contributed by atoms with van der Waals surface area (Å²) in [5.41, 5.74) is 0.871. The van der Waals surface area contributed by atoms with Crippen LogP contribution in [0.5, 0.6) is 0 Å². The van der Waals surface area contributed by atoms with Crippen LogP contribution in [0.2, 0.25) is 0 Å². The molecule has 1 aromatic carbocycles. The van der Waals surface area contributed by atoms with Gasteiger partial charge in [-0.2, -0.15) is 0 Å². The van der Waals surface area contributed by atoms with Gasteiger partial charge >= 0.3 is 0 Å². The number of amides is 1. The molecule has 1 amide bonds. The van der Waals surface area contributed by atoms with Crippen molar-refractivity contribution in [2.75, 3.05) is 11.6 Å². The quantitative estimate of drug-likeness (QED) is 0.801. The number of anilines is 1. The van der Waals surface area contributed by atoms with E-state index in [-0.39, 0.29) is 11.9 Å². The van der Waals surface area contributed by atoms with Crippen LogP contribution >= 0.6 is 11.8 Å². The van der Waals surface area contributed by atoms with Crippen LogP contribution in [0.15, 0.2) is 29.2 Å². The molecule has 2 N–H and O–H groups in total. The molecule has 1 aromatic rings. The molecule has 4 heteroatoms. The van der Waals surface area contributed by atoms with E-state index in [1.54, 1.807) is 11.8 Å². The van der Waals surface area contributed by atoms with E-state index >= 15 is 0 Å². The lowest BCUT2D eigenvalue weighted by atomic mass is 9.78. The van der Waals surface area contributed by atoms with Crippen molar-refractivity contribution in [3.8, 4) is 0 Å². The molecular weight excluding hydrogens is 292 g/mol. The number of nitrogens with one attached hydrogen (secondary N) is 2. The molecule has 1 saturated carbocycles. The first-order chi connectivity index (χ1) is 10.5. The summed E-state index contributed by atoms with van der Waals surface area (Å²) in [5.74, 6) is 1.41. The highest BCUT2D eigenvalue weighted by molar-refractivity contribution is 7.98. The minimum absolute atomic E-state index is 0.0451. The second-order valence-electron chi connectivity index (χ2n) is 6.48. The molecule has 0 spiro atoms. The maximum Gasteiger partial charge on any atom is 0.241 e. The van der Waals surface area contributed by atoms with Gasteiger partial charge in [-0.1, -0.05) is 32.8 Å². The Bertz CT molecular complexity index is 506. The van der Waals surface area contributed by atoms with Gasteiger partial charge in [0.2, 0.25) is 5.91 Å². The van der Waals surface area contributed by atoms with Gasteiger partial charge in [-0.25, -0.2) is 0 Å². The molecule has 0 radical (unpaired) electrons. The van der Waals surface area contributed by atoms with E-state index in [2.05, 4.69) is 24.5 Å². The zero-order chi connectivity index (χ0) is 16.1. The highest BCUT2D eigenvalue weighted by atomic mass is 32.2. The molecule has 1 aliphatic rings. The first-order valence-corrected chi connectivity index (χ1v) is 9.44. The van der Waals surface area contributed by atoms with Crippen molar-refractivity contribution in [2.24, 2.45) is 11.8 Å². The second-order valence-corrected chi connectivity index (χ2v) is 7.36. The number of thioether (sulfide) groups is 1. The smallest absolute Gasteiger partial charge is 0.241 e. The third-order valence-electron chi connectivity index (χ3n) is 4.90. The Morgan fingerprint density at radius 2 is 2.09 bits per heavy atom. The van der Waals surface area contributed by atoms with E-state index in [4.69, 9.17) is 0 Å². The summed E-state index contributed by atoms with van der Waals surface area (Å²) in [6, 6.07) is 8.26. The van der Waals surface area contributed by atoms with Gasteiger partial charge in [0.05, 0.1) is 6.04 Å². The molecule has 3 nitrogen and oxygen atoms in total. The molecule has 0 saturated heterocycles. The molecule has 2 rings (SSSR count). The minimum Gasteiger partial charge on any atom is -0.325 e. The largest absolute Gasteiger partial charge is 0.325 e. The van der Waals surface area contributed by atoms with E-state index in [0.717, 1.165) is 16.5 Å². The maximum atomic E-state index is 12.4. The zero-order valence-corrected chi connectivity index (χ0v) is 14.9. The van der Waals surface area contributed by atoms with Gasteiger partial charge in [-0.3, -0.25) is 4.79 Å². The number of carbonyl (C=O) groups excluding carboxylic acids is 1. The lowest BCUT2D eigenvalue weighted by Gasteiger charge is -2.36. The average molecular weight is 321 g/mol. The van der Waals surface area contributed by atoms with Gasteiger partial charge in [-0.05, 0) is 49.6 Å². The summed E-state index contributed by atoms with van der Waals surface area (Å²) < 4.78 is 0. The normalized spacial score (nSPS) is 26.5. The molecule has 0 heterocycles. The molecule has 1 fully saturated rings. The fourth-order valence-corrected chi connectivity index (χ4v) is 3.62. The van der Waals surface area contributed by atoms with Crippen LogP contribution in [0.3, 0.4) is 0 Å². The van der Waals surface area contributed by atoms with Crippen LogP contribution in [0.25, 0.3) is 0 Å². The average Bonchev–Trinajstić information content (AvgIpc) is 2.52. The number of hydrogen-bond donors (Lipinski definition) is 2. The van der Waals surface area contributed by atoms with E-state index in [9.17, 15) is 4.79 Å². The Morgan fingerprint density at radius 3 is 2.82 bits per heavy atom. The lowest BCUT2D eigenvalue weighted by molar-refractivity contribution is -0.118. The van der Waals surface area contributed by atoms with Gasteiger partial charge in [0, 0.05) is 16.6 Å². The molecule has 22 heavy (non-hydrogen) atoms.